The lowest BCUT2D eigenvalue weighted by atomic mass is 10.1. The molecule has 0 aliphatic carbocycles. The van der Waals surface area contributed by atoms with Gasteiger partial charge < -0.3 is 5.11 Å². The van der Waals surface area contributed by atoms with Gasteiger partial charge in [0.2, 0.25) is 0 Å². The van der Waals surface area contributed by atoms with Gasteiger partial charge >= 0.3 is 10.2 Å². The van der Waals surface area contributed by atoms with E-state index in [4.69, 9.17) is 5.11 Å². The Bertz CT molecular complexity index is 560. The highest BCUT2D eigenvalue weighted by atomic mass is 32.2. The van der Waals surface area contributed by atoms with Gasteiger partial charge in [0.1, 0.15) is 0 Å². The van der Waals surface area contributed by atoms with Crippen molar-refractivity contribution in [3.63, 3.8) is 0 Å². The number of nitrogens with one attached hydrogen (secondary N) is 1. The summed E-state index contributed by atoms with van der Waals surface area (Å²) in [6, 6.07) is 7.42. The highest BCUT2D eigenvalue weighted by Gasteiger charge is 2.29. The van der Waals surface area contributed by atoms with Crippen molar-refractivity contribution in [2.24, 2.45) is 0 Å². The molecule has 6 heteroatoms. The molecule has 21 heavy (non-hydrogen) atoms. The fourth-order valence-electron chi connectivity index (χ4n) is 2.71. The summed E-state index contributed by atoms with van der Waals surface area (Å²) in [7, 11) is -3.49. The Hall–Kier alpha value is -1.11. The number of anilines is 1. The second kappa shape index (κ2) is 7.24. The summed E-state index contributed by atoms with van der Waals surface area (Å²) < 4.78 is 29.2. The third-order valence-corrected chi connectivity index (χ3v) is 5.50. The van der Waals surface area contributed by atoms with Crippen molar-refractivity contribution >= 4 is 15.9 Å². The first kappa shape index (κ1) is 16.3. The van der Waals surface area contributed by atoms with Gasteiger partial charge in [0.05, 0.1) is 5.69 Å². The Kier molecular flexibility index (Phi) is 5.61. The van der Waals surface area contributed by atoms with Crippen LogP contribution in [0.2, 0.25) is 0 Å². The van der Waals surface area contributed by atoms with Crippen LogP contribution in [0.25, 0.3) is 0 Å². The van der Waals surface area contributed by atoms with Crippen molar-refractivity contribution in [3.05, 3.63) is 29.8 Å². The number of nitrogens with zero attached hydrogens (tertiary/aromatic N) is 1. The minimum absolute atomic E-state index is 0.0498. The summed E-state index contributed by atoms with van der Waals surface area (Å²) in [5, 5.41) is 8.86. The highest BCUT2D eigenvalue weighted by molar-refractivity contribution is 7.90. The number of aliphatic hydroxyl groups is 1. The molecule has 1 aliphatic heterocycles. The molecule has 1 unspecified atom stereocenters. The number of hydrogen-bond donors (Lipinski definition) is 2. The number of piperidine rings is 1. The fourth-order valence-corrected chi connectivity index (χ4v) is 4.20. The normalized spacial score (nSPS) is 20.4. The molecule has 1 heterocycles. The summed E-state index contributed by atoms with van der Waals surface area (Å²) in [6.45, 7) is 2.68. The van der Waals surface area contributed by atoms with Crippen molar-refractivity contribution in [3.8, 4) is 0 Å². The molecule has 1 atom stereocenters. The van der Waals surface area contributed by atoms with Crippen LogP contribution >= 0.6 is 0 Å². The molecule has 118 valence electrons. The Balaban J connectivity index is 2.09. The molecule has 1 saturated heterocycles. The third-order valence-electron chi connectivity index (χ3n) is 3.85. The maximum Gasteiger partial charge on any atom is 0.301 e. The predicted octanol–water partition coefficient (Wildman–Crippen LogP) is 2.14. The van der Waals surface area contributed by atoms with Crippen LogP contribution < -0.4 is 4.72 Å². The second-order valence-corrected chi connectivity index (χ2v) is 7.21. The van der Waals surface area contributed by atoms with Crippen molar-refractivity contribution in [2.45, 2.75) is 45.1 Å². The first-order chi connectivity index (χ1) is 10.0. The van der Waals surface area contributed by atoms with Crippen molar-refractivity contribution < 1.29 is 13.5 Å². The largest absolute Gasteiger partial charge is 0.396 e. The van der Waals surface area contributed by atoms with Crippen molar-refractivity contribution in [1.29, 1.82) is 0 Å². The average Bonchev–Trinajstić information content (AvgIpc) is 2.45. The number of aliphatic hydroxyl groups excluding tert-OH is 1. The first-order valence-corrected chi connectivity index (χ1v) is 8.96. The van der Waals surface area contributed by atoms with Gasteiger partial charge in [-0.2, -0.15) is 12.7 Å². The van der Waals surface area contributed by atoms with Gasteiger partial charge in [-0.15, -0.1) is 0 Å². The maximum absolute atomic E-state index is 12.5. The lowest BCUT2D eigenvalue weighted by Gasteiger charge is -2.32. The van der Waals surface area contributed by atoms with E-state index in [0.29, 0.717) is 18.7 Å². The smallest absolute Gasteiger partial charge is 0.301 e. The fraction of sp³-hybridized carbons (Fsp3) is 0.600. The Labute approximate surface area is 127 Å². The quantitative estimate of drug-likeness (QED) is 0.845. The van der Waals surface area contributed by atoms with Crippen LogP contribution in [0.1, 0.15) is 38.2 Å². The molecule has 2 N–H and O–H groups in total. The van der Waals surface area contributed by atoms with Gasteiger partial charge in [0.15, 0.2) is 0 Å². The molecule has 1 aromatic carbocycles. The SMILES string of the molecule is CC1CCCCN1S(=O)(=O)Nc1cccc(CCCO)c1. The molecule has 0 bridgehead atoms. The van der Waals surface area contributed by atoms with Crippen LogP contribution in [0.4, 0.5) is 5.69 Å². The molecular weight excluding hydrogens is 288 g/mol. The zero-order valence-electron chi connectivity index (χ0n) is 12.5. The molecule has 1 aliphatic rings. The summed E-state index contributed by atoms with van der Waals surface area (Å²) in [5.74, 6) is 0. The molecule has 0 radical (unpaired) electrons. The molecule has 1 fully saturated rings. The van der Waals surface area contributed by atoms with Crippen LogP contribution in [-0.4, -0.2) is 37.0 Å². The Morgan fingerprint density at radius 3 is 2.90 bits per heavy atom. The number of rotatable bonds is 6. The van der Waals surface area contributed by atoms with E-state index in [1.807, 2.05) is 25.1 Å². The van der Waals surface area contributed by atoms with Crippen LogP contribution in [0.15, 0.2) is 24.3 Å². The maximum atomic E-state index is 12.5. The molecular formula is C15H24N2O3S. The van der Waals surface area contributed by atoms with Gasteiger partial charge in [-0.1, -0.05) is 18.6 Å². The first-order valence-electron chi connectivity index (χ1n) is 7.52. The van der Waals surface area contributed by atoms with Crippen LogP contribution in [0, 0.1) is 0 Å². The predicted molar refractivity (Wildman–Crippen MR) is 84.4 cm³/mol. The molecule has 2 rings (SSSR count). The third kappa shape index (κ3) is 4.43. The van der Waals surface area contributed by atoms with Gasteiger partial charge in [0.25, 0.3) is 0 Å². The highest BCUT2D eigenvalue weighted by Crippen LogP contribution is 2.22. The second-order valence-electron chi connectivity index (χ2n) is 5.59. The van der Waals surface area contributed by atoms with Gasteiger partial charge in [-0.25, -0.2) is 0 Å². The zero-order valence-corrected chi connectivity index (χ0v) is 13.3. The standard InChI is InChI=1S/C15H24N2O3S/c1-13-6-2-3-10-17(13)21(19,20)16-15-9-4-7-14(12-15)8-5-11-18/h4,7,9,12-13,16,18H,2-3,5-6,8,10-11H2,1H3. The molecule has 0 aromatic heterocycles. The number of aryl methyl sites for hydroxylation is 1. The van der Waals surface area contributed by atoms with E-state index in [9.17, 15) is 8.42 Å². The van der Waals surface area contributed by atoms with E-state index < -0.39 is 10.2 Å². The Morgan fingerprint density at radius 2 is 2.19 bits per heavy atom. The molecule has 0 amide bonds. The van der Waals surface area contributed by atoms with Crippen LogP contribution in [0.3, 0.4) is 0 Å². The van der Waals surface area contributed by atoms with E-state index in [1.165, 1.54) is 0 Å². The monoisotopic (exact) mass is 312 g/mol. The molecule has 1 aromatic rings. The van der Waals surface area contributed by atoms with E-state index in [0.717, 1.165) is 31.2 Å². The van der Waals surface area contributed by atoms with Gasteiger partial charge in [0, 0.05) is 19.2 Å². The summed E-state index contributed by atoms with van der Waals surface area (Å²) in [4.78, 5) is 0. The number of hydrogen-bond acceptors (Lipinski definition) is 3. The Morgan fingerprint density at radius 1 is 1.38 bits per heavy atom. The summed E-state index contributed by atoms with van der Waals surface area (Å²) >= 11 is 0. The molecule has 0 saturated carbocycles. The van der Waals surface area contributed by atoms with Crippen molar-refractivity contribution in [1.82, 2.24) is 4.31 Å². The van der Waals surface area contributed by atoms with Crippen LogP contribution in [0.5, 0.6) is 0 Å². The number of benzene rings is 1. The summed E-state index contributed by atoms with van der Waals surface area (Å²) in [6.07, 6.45) is 4.34. The topological polar surface area (TPSA) is 69.6 Å². The average molecular weight is 312 g/mol. The zero-order chi connectivity index (χ0) is 15.3. The van der Waals surface area contributed by atoms with E-state index in [-0.39, 0.29) is 12.6 Å². The van der Waals surface area contributed by atoms with Gasteiger partial charge in [-0.3, -0.25) is 4.72 Å². The van der Waals surface area contributed by atoms with Crippen molar-refractivity contribution in [2.75, 3.05) is 17.9 Å². The van der Waals surface area contributed by atoms with E-state index >= 15 is 0 Å². The molecule has 5 nitrogen and oxygen atoms in total. The summed E-state index contributed by atoms with van der Waals surface area (Å²) in [5.41, 5.74) is 1.61. The van der Waals surface area contributed by atoms with Crippen LogP contribution in [-0.2, 0) is 16.6 Å². The lowest BCUT2D eigenvalue weighted by molar-refractivity contribution is 0.270. The lowest BCUT2D eigenvalue weighted by Crippen LogP contribution is -2.44. The van der Waals surface area contributed by atoms with Gasteiger partial charge in [-0.05, 0) is 50.3 Å². The van der Waals surface area contributed by atoms with E-state index in [2.05, 4.69) is 4.72 Å². The van der Waals surface area contributed by atoms with E-state index in [1.54, 1.807) is 10.4 Å². The minimum atomic E-state index is -3.49. The molecule has 0 spiro atoms. The minimum Gasteiger partial charge on any atom is -0.396 e.